The fourth-order valence-corrected chi connectivity index (χ4v) is 7.99. The van der Waals surface area contributed by atoms with Gasteiger partial charge < -0.3 is 4.90 Å². The van der Waals surface area contributed by atoms with E-state index in [0.29, 0.717) is 35.3 Å². The van der Waals surface area contributed by atoms with E-state index in [1.165, 1.54) is 28.9 Å². The van der Waals surface area contributed by atoms with Crippen molar-refractivity contribution in [3.63, 3.8) is 0 Å². The molecule has 9 heteroatoms. The summed E-state index contributed by atoms with van der Waals surface area (Å²) >= 11 is 6.19. The van der Waals surface area contributed by atoms with Crippen LogP contribution in [-0.4, -0.2) is 70.2 Å². The summed E-state index contributed by atoms with van der Waals surface area (Å²) in [5.41, 5.74) is 5.84. The van der Waals surface area contributed by atoms with Crippen molar-refractivity contribution in [1.82, 2.24) is 20.0 Å². The SMILES string of the molecule is CC1(C)CCC(CN2C3CC2CN(Cc2ccc4c(c2F)CN(C2CCC(=O)NC2=O)C4=O)C3)=C(c2ccc(Cl)cc2)C1. The van der Waals surface area contributed by atoms with Gasteiger partial charge in [-0.05, 0) is 66.9 Å². The number of nitrogens with one attached hydrogen (secondary N) is 1. The van der Waals surface area contributed by atoms with Gasteiger partial charge in [-0.3, -0.25) is 29.5 Å². The Kier molecular flexibility index (Phi) is 7.22. The molecule has 7 nitrogen and oxygen atoms in total. The van der Waals surface area contributed by atoms with E-state index in [2.05, 4.69) is 41.1 Å². The van der Waals surface area contributed by atoms with Crippen LogP contribution < -0.4 is 5.32 Å². The number of rotatable bonds is 6. The number of imide groups is 1. The number of hydrogen-bond donors (Lipinski definition) is 1. The van der Waals surface area contributed by atoms with Crippen molar-refractivity contribution in [1.29, 1.82) is 0 Å². The maximum Gasteiger partial charge on any atom is 0.255 e. The van der Waals surface area contributed by atoms with Gasteiger partial charge in [0.25, 0.3) is 5.91 Å². The standard InChI is InChI=1S/C34H38ClFN4O3/c1-34(2)12-11-21(27(14-34)20-3-6-23(35)7-4-20)16-39-24-13-25(39)18-38(17-24)15-22-5-8-26-28(31(22)36)19-40(33(26)43)29-9-10-30(41)37-32(29)42/h3-8,24-25,29H,9-19H2,1-2H3,(H,37,41,42). The van der Waals surface area contributed by atoms with E-state index in [1.807, 2.05) is 12.1 Å². The van der Waals surface area contributed by atoms with E-state index in [1.54, 1.807) is 17.7 Å². The van der Waals surface area contributed by atoms with Gasteiger partial charge in [0, 0.05) is 66.4 Å². The first-order valence-corrected chi connectivity index (χ1v) is 15.8. The first-order valence-electron chi connectivity index (χ1n) is 15.5. The van der Waals surface area contributed by atoms with Crippen molar-refractivity contribution in [2.45, 2.75) is 83.6 Å². The summed E-state index contributed by atoms with van der Waals surface area (Å²) in [5.74, 6) is -1.51. The monoisotopic (exact) mass is 604 g/mol. The van der Waals surface area contributed by atoms with Crippen LogP contribution in [0.3, 0.4) is 0 Å². The van der Waals surface area contributed by atoms with Crippen LogP contribution in [0.15, 0.2) is 42.0 Å². The molecule has 8 rings (SSSR count). The van der Waals surface area contributed by atoms with Gasteiger partial charge in [0.1, 0.15) is 11.9 Å². The minimum Gasteiger partial charge on any atom is -0.322 e. The van der Waals surface area contributed by atoms with Crippen LogP contribution in [0.5, 0.6) is 0 Å². The van der Waals surface area contributed by atoms with Gasteiger partial charge in [-0.25, -0.2) is 4.39 Å². The van der Waals surface area contributed by atoms with Gasteiger partial charge in [-0.15, -0.1) is 0 Å². The quantitative estimate of drug-likeness (QED) is 0.461. The topological polar surface area (TPSA) is 73.0 Å². The highest BCUT2D eigenvalue weighted by atomic mass is 35.5. The first kappa shape index (κ1) is 28.7. The molecular weight excluding hydrogens is 567 g/mol. The number of piperazine rings is 1. The van der Waals surface area contributed by atoms with Gasteiger partial charge in [-0.1, -0.05) is 49.2 Å². The number of halogens is 2. The Morgan fingerprint density at radius 1 is 1.00 bits per heavy atom. The summed E-state index contributed by atoms with van der Waals surface area (Å²) in [7, 11) is 0. The van der Waals surface area contributed by atoms with Gasteiger partial charge in [0.2, 0.25) is 11.8 Å². The third kappa shape index (κ3) is 5.32. The number of hydrogen-bond acceptors (Lipinski definition) is 5. The van der Waals surface area contributed by atoms with Crippen LogP contribution in [0.25, 0.3) is 5.57 Å². The summed E-state index contributed by atoms with van der Waals surface area (Å²) in [5, 5.41) is 3.06. The molecular formula is C34H38ClFN4O3. The first-order chi connectivity index (χ1) is 20.6. The van der Waals surface area contributed by atoms with Crippen molar-refractivity contribution in [3.8, 4) is 0 Å². The molecule has 2 aromatic rings. The lowest BCUT2D eigenvalue weighted by atomic mass is 9.72. The maximum atomic E-state index is 15.8. The van der Waals surface area contributed by atoms with E-state index in [-0.39, 0.29) is 42.4 Å². The summed E-state index contributed by atoms with van der Waals surface area (Å²) in [6.07, 6.45) is 4.99. The van der Waals surface area contributed by atoms with Crippen LogP contribution in [0.4, 0.5) is 4.39 Å². The lowest BCUT2D eigenvalue weighted by Gasteiger charge is -2.57. The summed E-state index contributed by atoms with van der Waals surface area (Å²) in [6.45, 7) is 8.04. The molecule has 0 radical (unpaired) electrons. The third-order valence-corrected chi connectivity index (χ3v) is 10.5. The molecule has 2 bridgehead atoms. The Morgan fingerprint density at radius 3 is 2.47 bits per heavy atom. The predicted octanol–water partition coefficient (Wildman–Crippen LogP) is 5.16. The molecule has 0 saturated carbocycles. The summed E-state index contributed by atoms with van der Waals surface area (Å²) < 4.78 is 15.8. The van der Waals surface area contributed by atoms with Crippen LogP contribution in [-0.2, 0) is 22.7 Å². The van der Waals surface area contributed by atoms with Crippen molar-refractivity contribution >= 4 is 34.9 Å². The normalized spacial score (nSPS) is 27.3. The number of piperidine rings is 2. The minimum atomic E-state index is -0.744. The number of amides is 3. The number of allylic oxidation sites excluding steroid dienone is 1. The molecule has 1 aliphatic carbocycles. The lowest BCUT2D eigenvalue weighted by molar-refractivity contribution is -0.136. The molecule has 3 atom stereocenters. The highest BCUT2D eigenvalue weighted by molar-refractivity contribution is 6.30. The van der Waals surface area contributed by atoms with Gasteiger partial charge >= 0.3 is 0 Å². The molecule has 1 N–H and O–H groups in total. The minimum absolute atomic E-state index is 0.0566. The average molecular weight is 605 g/mol. The Labute approximate surface area is 257 Å². The fraction of sp³-hybridized carbons (Fsp3) is 0.500. The van der Waals surface area contributed by atoms with E-state index >= 15 is 4.39 Å². The molecule has 2 aromatic carbocycles. The van der Waals surface area contributed by atoms with E-state index in [0.717, 1.165) is 37.5 Å². The molecule has 0 aromatic heterocycles. The van der Waals surface area contributed by atoms with Crippen LogP contribution in [0.1, 0.15) is 79.4 Å². The highest BCUT2D eigenvalue weighted by Crippen LogP contribution is 2.45. The fourth-order valence-electron chi connectivity index (χ4n) is 7.86. The average Bonchev–Trinajstić information content (AvgIpc) is 3.30. The number of carbonyl (C=O) groups is 3. The molecule has 4 fully saturated rings. The second kappa shape index (κ2) is 10.8. The second-order valence-electron chi connectivity index (χ2n) is 13.8. The zero-order valence-corrected chi connectivity index (χ0v) is 25.6. The molecule has 43 heavy (non-hydrogen) atoms. The Balaban J connectivity index is 1.02. The summed E-state index contributed by atoms with van der Waals surface area (Å²) in [4.78, 5) is 43.4. The maximum absolute atomic E-state index is 15.8. The zero-order valence-electron chi connectivity index (χ0n) is 24.8. The van der Waals surface area contributed by atoms with E-state index < -0.39 is 11.9 Å². The molecule has 5 heterocycles. The largest absolute Gasteiger partial charge is 0.322 e. The van der Waals surface area contributed by atoms with Crippen molar-refractivity contribution < 1.29 is 18.8 Å². The number of benzene rings is 2. The zero-order chi connectivity index (χ0) is 30.0. The predicted molar refractivity (Wildman–Crippen MR) is 163 cm³/mol. The molecule has 0 spiro atoms. The van der Waals surface area contributed by atoms with Gasteiger partial charge in [-0.2, -0.15) is 0 Å². The van der Waals surface area contributed by atoms with E-state index in [4.69, 9.17) is 11.6 Å². The molecule has 5 aliphatic heterocycles. The van der Waals surface area contributed by atoms with Crippen molar-refractivity contribution in [3.05, 3.63) is 75.1 Å². The lowest BCUT2D eigenvalue weighted by Crippen LogP contribution is -2.68. The van der Waals surface area contributed by atoms with Crippen LogP contribution in [0, 0.1) is 11.2 Å². The Hall–Kier alpha value is -3.07. The number of nitrogens with zero attached hydrogens (tertiary/aromatic N) is 3. The Morgan fingerprint density at radius 2 is 1.74 bits per heavy atom. The molecule has 3 unspecified atom stereocenters. The summed E-state index contributed by atoms with van der Waals surface area (Å²) in [6, 6.07) is 11.9. The smallest absolute Gasteiger partial charge is 0.255 e. The molecule has 3 amide bonds. The number of carbonyl (C=O) groups excluding carboxylic acids is 3. The Bertz CT molecular complexity index is 1520. The van der Waals surface area contributed by atoms with Crippen molar-refractivity contribution in [2.75, 3.05) is 19.6 Å². The highest BCUT2D eigenvalue weighted by Gasteiger charge is 2.46. The van der Waals surface area contributed by atoms with Gasteiger partial charge in [0.05, 0.1) is 6.54 Å². The van der Waals surface area contributed by atoms with E-state index in [9.17, 15) is 14.4 Å². The van der Waals surface area contributed by atoms with Gasteiger partial charge in [0.15, 0.2) is 0 Å². The van der Waals surface area contributed by atoms with Crippen molar-refractivity contribution in [2.24, 2.45) is 5.41 Å². The van der Waals surface area contributed by atoms with Crippen LogP contribution >= 0.6 is 11.6 Å². The third-order valence-electron chi connectivity index (χ3n) is 10.3. The second-order valence-corrected chi connectivity index (χ2v) is 14.2. The molecule has 226 valence electrons. The molecule has 6 aliphatic rings. The number of fused-ring (bicyclic) bond motifs is 3. The van der Waals surface area contributed by atoms with Crippen LogP contribution in [0.2, 0.25) is 5.02 Å². The molecule has 4 saturated heterocycles.